The maximum atomic E-state index is 5.06. The Morgan fingerprint density at radius 1 is 1.08 bits per heavy atom. The van der Waals surface area contributed by atoms with Gasteiger partial charge in [0.05, 0.1) is 0 Å². The van der Waals surface area contributed by atoms with E-state index in [1.807, 2.05) is 0 Å². The number of hydrogen-bond acceptors (Lipinski definition) is 2. The van der Waals surface area contributed by atoms with Crippen LogP contribution in [0.15, 0.2) is 35.3 Å². The SMILES string of the molecule is CC(C)N1CCCC(CN=C(Nc2ccccc2)N2CCCCC2)C1.I. The number of nitrogens with zero attached hydrogens (tertiary/aromatic N) is 3. The van der Waals surface area contributed by atoms with Crippen molar-refractivity contribution in [3.05, 3.63) is 30.3 Å². The van der Waals surface area contributed by atoms with Crippen LogP contribution in [0.2, 0.25) is 0 Å². The second kappa shape index (κ2) is 11.1. The highest BCUT2D eigenvalue weighted by Gasteiger charge is 2.22. The minimum absolute atomic E-state index is 0. The zero-order valence-corrected chi connectivity index (χ0v) is 18.7. The van der Waals surface area contributed by atoms with Crippen LogP contribution in [0.4, 0.5) is 5.69 Å². The van der Waals surface area contributed by atoms with E-state index in [0.29, 0.717) is 12.0 Å². The first-order chi connectivity index (χ1) is 12.2. The summed E-state index contributed by atoms with van der Waals surface area (Å²) in [4.78, 5) is 10.1. The molecule has 26 heavy (non-hydrogen) atoms. The Hall–Kier alpha value is -0.820. The summed E-state index contributed by atoms with van der Waals surface area (Å²) >= 11 is 0. The Morgan fingerprint density at radius 3 is 2.50 bits per heavy atom. The first-order valence-electron chi connectivity index (χ1n) is 10.1. The van der Waals surface area contributed by atoms with Crippen molar-refractivity contribution in [2.75, 3.05) is 38.0 Å². The maximum Gasteiger partial charge on any atom is 0.198 e. The molecule has 0 amide bonds. The van der Waals surface area contributed by atoms with Gasteiger partial charge in [-0.25, -0.2) is 0 Å². The molecule has 1 atom stereocenters. The van der Waals surface area contributed by atoms with Gasteiger partial charge in [-0.3, -0.25) is 4.99 Å². The first kappa shape index (κ1) is 21.5. The molecule has 2 heterocycles. The van der Waals surface area contributed by atoms with Gasteiger partial charge in [0, 0.05) is 37.9 Å². The van der Waals surface area contributed by atoms with Gasteiger partial charge < -0.3 is 15.1 Å². The van der Waals surface area contributed by atoms with E-state index in [0.717, 1.165) is 31.3 Å². The molecule has 1 unspecified atom stereocenters. The molecule has 0 aliphatic carbocycles. The van der Waals surface area contributed by atoms with Crippen LogP contribution in [0.3, 0.4) is 0 Å². The Morgan fingerprint density at radius 2 is 1.81 bits per heavy atom. The highest BCUT2D eigenvalue weighted by molar-refractivity contribution is 14.0. The lowest BCUT2D eigenvalue weighted by atomic mass is 9.97. The fourth-order valence-electron chi connectivity index (χ4n) is 3.91. The number of nitrogens with one attached hydrogen (secondary N) is 1. The highest BCUT2D eigenvalue weighted by Crippen LogP contribution is 2.19. The Bertz CT molecular complexity index is 540. The average molecular weight is 470 g/mol. The van der Waals surface area contributed by atoms with Gasteiger partial charge in [0.25, 0.3) is 0 Å². The number of rotatable bonds is 4. The number of likely N-dealkylation sites (tertiary alicyclic amines) is 2. The van der Waals surface area contributed by atoms with Crippen LogP contribution >= 0.6 is 24.0 Å². The van der Waals surface area contributed by atoms with E-state index in [4.69, 9.17) is 4.99 Å². The first-order valence-corrected chi connectivity index (χ1v) is 10.1. The number of para-hydroxylation sites is 1. The second-order valence-electron chi connectivity index (χ2n) is 7.80. The van der Waals surface area contributed by atoms with Crippen LogP contribution in [0.5, 0.6) is 0 Å². The number of benzene rings is 1. The van der Waals surface area contributed by atoms with E-state index < -0.39 is 0 Å². The van der Waals surface area contributed by atoms with E-state index in [2.05, 4.69) is 59.3 Å². The average Bonchev–Trinajstić information content (AvgIpc) is 2.67. The standard InChI is InChI=1S/C21H34N4.HI/c1-18(2)25-15-9-10-19(17-25)16-22-21(24-13-7-4-8-14-24)23-20-11-5-3-6-12-20;/h3,5-6,11-12,18-19H,4,7-10,13-17H2,1-2H3,(H,22,23);1H. The Kier molecular flexibility index (Phi) is 9.19. The van der Waals surface area contributed by atoms with E-state index in [-0.39, 0.29) is 24.0 Å². The Balaban J connectivity index is 0.00000243. The molecule has 3 rings (SSSR count). The monoisotopic (exact) mass is 470 g/mol. The molecule has 2 fully saturated rings. The van der Waals surface area contributed by atoms with Gasteiger partial charge in [-0.1, -0.05) is 18.2 Å². The number of anilines is 1. The third kappa shape index (κ3) is 6.41. The van der Waals surface area contributed by atoms with E-state index >= 15 is 0 Å². The van der Waals surface area contributed by atoms with Crippen molar-refractivity contribution in [3.63, 3.8) is 0 Å². The summed E-state index contributed by atoms with van der Waals surface area (Å²) in [5, 5.41) is 3.58. The summed E-state index contributed by atoms with van der Waals surface area (Å²) in [5.41, 5.74) is 1.14. The lowest BCUT2D eigenvalue weighted by molar-refractivity contribution is 0.143. The van der Waals surface area contributed by atoms with Gasteiger partial charge in [-0.2, -0.15) is 0 Å². The van der Waals surface area contributed by atoms with E-state index in [9.17, 15) is 0 Å². The van der Waals surface area contributed by atoms with Gasteiger partial charge in [0.2, 0.25) is 0 Å². The van der Waals surface area contributed by atoms with Crippen LogP contribution in [-0.2, 0) is 0 Å². The van der Waals surface area contributed by atoms with Crippen molar-refractivity contribution in [1.82, 2.24) is 9.80 Å². The van der Waals surface area contributed by atoms with Gasteiger partial charge in [-0.15, -0.1) is 24.0 Å². The summed E-state index contributed by atoms with van der Waals surface area (Å²) in [5.74, 6) is 1.76. The van der Waals surface area contributed by atoms with Crippen molar-refractivity contribution < 1.29 is 0 Å². The van der Waals surface area contributed by atoms with Crippen molar-refractivity contribution in [3.8, 4) is 0 Å². The smallest absolute Gasteiger partial charge is 0.198 e. The maximum absolute atomic E-state index is 5.06. The molecule has 1 aromatic carbocycles. The van der Waals surface area contributed by atoms with Crippen molar-refractivity contribution in [1.29, 1.82) is 0 Å². The molecule has 1 N–H and O–H groups in total. The normalized spacial score (nSPS) is 22.2. The molecular weight excluding hydrogens is 435 g/mol. The number of guanidine groups is 1. The van der Waals surface area contributed by atoms with Gasteiger partial charge in [-0.05, 0) is 70.5 Å². The van der Waals surface area contributed by atoms with Gasteiger partial charge in [0.1, 0.15) is 0 Å². The van der Waals surface area contributed by atoms with Crippen LogP contribution in [0.25, 0.3) is 0 Å². The molecule has 0 bridgehead atoms. The van der Waals surface area contributed by atoms with Crippen LogP contribution < -0.4 is 5.32 Å². The highest BCUT2D eigenvalue weighted by atomic mass is 127. The number of hydrogen-bond donors (Lipinski definition) is 1. The predicted molar refractivity (Wildman–Crippen MR) is 123 cm³/mol. The zero-order chi connectivity index (χ0) is 17.5. The van der Waals surface area contributed by atoms with Crippen LogP contribution in [-0.4, -0.2) is 54.5 Å². The van der Waals surface area contributed by atoms with Crippen LogP contribution in [0.1, 0.15) is 46.0 Å². The summed E-state index contributed by atoms with van der Waals surface area (Å²) in [6, 6.07) is 11.1. The van der Waals surface area contributed by atoms with Crippen molar-refractivity contribution >= 4 is 35.6 Å². The number of halogens is 1. The minimum atomic E-state index is 0. The van der Waals surface area contributed by atoms with Crippen LogP contribution in [0, 0.1) is 5.92 Å². The molecule has 2 saturated heterocycles. The zero-order valence-electron chi connectivity index (χ0n) is 16.4. The third-order valence-corrected chi connectivity index (χ3v) is 5.47. The van der Waals surface area contributed by atoms with Gasteiger partial charge >= 0.3 is 0 Å². The summed E-state index contributed by atoms with van der Waals surface area (Å²) in [7, 11) is 0. The quantitative estimate of drug-likeness (QED) is 0.394. The summed E-state index contributed by atoms with van der Waals surface area (Å²) in [6.07, 6.45) is 6.52. The van der Waals surface area contributed by atoms with Gasteiger partial charge in [0.15, 0.2) is 5.96 Å². The predicted octanol–water partition coefficient (Wildman–Crippen LogP) is 4.68. The molecule has 0 saturated carbocycles. The largest absolute Gasteiger partial charge is 0.343 e. The fraction of sp³-hybridized carbons (Fsp3) is 0.667. The molecule has 5 heteroatoms. The lowest BCUT2D eigenvalue weighted by Gasteiger charge is -2.35. The van der Waals surface area contributed by atoms with Crippen molar-refractivity contribution in [2.45, 2.75) is 52.0 Å². The third-order valence-electron chi connectivity index (χ3n) is 5.47. The summed E-state index contributed by atoms with van der Waals surface area (Å²) in [6.45, 7) is 10.3. The molecule has 1 aromatic rings. The molecule has 146 valence electrons. The molecular formula is C21H35IN4. The molecule has 2 aliphatic rings. The molecule has 4 nitrogen and oxygen atoms in total. The van der Waals surface area contributed by atoms with E-state index in [1.165, 1.54) is 45.2 Å². The number of aliphatic imine (C=N–C) groups is 1. The number of piperidine rings is 2. The topological polar surface area (TPSA) is 30.9 Å². The molecule has 0 spiro atoms. The minimum Gasteiger partial charge on any atom is -0.343 e. The summed E-state index contributed by atoms with van der Waals surface area (Å²) < 4.78 is 0. The molecule has 2 aliphatic heterocycles. The second-order valence-corrected chi connectivity index (χ2v) is 7.80. The molecule has 0 radical (unpaired) electrons. The van der Waals surface area contributed by atoms with Crippen molar-refractivity contribution in [2.24, 2.45) is 10.9 Å². The lowest BCUT2D eigenvalue weighted by Crippen LogP contribution is -2.42. The Labute approximate surface area is 176 Å². The van der Waals surface area contributed by atoms with E-state index in [1.54, 1.807) is 0 Å². The molecule has 0 aromatic heterocycles. The fourth-order valence-corrected chi connectivity index (χ4v) is 3.91.